The number of carbonyl (C=O) groups is 2. The van der Waals surface area contributed by atoms with E-state index >= 15 is 0 Å². The summed E-state index contributed by atoms with van der Waals surface area (Å²) in [5.74, 6) is -2.85. The largest absolute Gasteiger partial charge is 0.545 e. The predicted octanol–water partition coefficient (Wildman–Crippen LogP) is 0.735. The number of nitrogens with zero attached hydrogens (tertiary/aromatic N) is 3. The van der Waals surface area contributed by atoms with Crippen molar-refractivity contribution in [3.8, 4) is 0 Å². The van der Waals surface area contributed by atoms with Crippen LogP contribution in [0.15, 0.2) is 42.5 Å². The van der Waals surface area contributed by atoms with E-state index in [0.29, 0.717) is 18.2 Å². The van der Waals surface area contributed by atoms with Crippen molar-refractivity contribution in [2.75, 3.05) is 19.0 Å². The van der Waals surface area contributed by atoms with E-state index in [4.69, 9.17) is 0 Å². The van der Waals surface area contributed by atoms with Crippen LogP contribution in [0.1, 0.15) is 20.7 Å². The van der Waals surface area contributed by atoms with Crippen LogP contribution in [0.3, 0.4) is 0 Å². The summed E-state index contributed by atoms with van der Waals surface area (Å²) < 4.78 is 0. The maximum atomic E-state index is 10.4. The quantitative estimate of drug-likeness (QED) is 0.519. The van der Waals surface area contributed by atoms with Crippen molar-refractivity contribution in [2.45, 2.75) is 0 Å². The minimum absolute atomic E-state index is 0. The Morgan fingerprint density at radius 2 is 1.14 bits per heavy atom. The minimum atomic E-state index is -1.71. The van der Waals surface area contributed by atoms with E-state index in [1.165, 1.54) is 12.1 Å². The van der Waals surface area contributed by atoms with Crippen LogP contribution in [0.4, 0.5) is 17.1 Å². The van der Waals surface area contributed by atoms with Gasteiger partial charge in [-0.25, -0.2) is 0 Å². The van der Waals surface area contributed by atoms with E-state index in [1.807, 2.05) is 19.0 Å². The lowest BCUT2D eigenvalue weighted by molar-refractivity contribution is -0.394. The highest BCUT2D eigenvalue weighted by molar-refractivity contribution is 5.87. The molecule has 2 aromatic rings. The van der Waals surface area contributed by atoms with Gasteiger partial charge < -0.3 is 37.0 Å². The van der Waals surface area contributed by atoms with Gasteiger partial charge in [-0.1, -0.05) is 12.1 Å². The molecule has 0 radical (unpaired) electrons. The first-order valence-corrected chi connectivity index (χ1v) is 7.17. The first-order chi connectivity index (χ1) is 12.5. The molecule has 0 saturated heterocycles. The fraction of sp³-hybridized carbons (Fsp3) is 0.125. The van der Waals surface area contributed by atoms with Crippen molar-refractivity contribution in [2.24, 2.45) is 0 Å². The molecule has 158 valence electrons. The predicted molar refractivity (Wildman–Crippen MR) is 101 cm³/mol. The number of aromatic carboxylic acids is 2. The highest BCUT2D eigenvalue weighted by Crippen LogP contribution is 2.22. The molecular weight excluding hydrogens is 390 g/mol. The minimum Gasteiger partial charge on any atom is -0.545 e. The molecule has 0 fully saturated rings. The number of nitro groups is 2. The Labute approximate surface area is 164 Å². The fourth-order valence-electron chi connectivity index (χ4n) is 1.82. The van der Waals surface area contributed by atoms with Crippen molar-refractivity contribution < 1.29 is 29.6 Å². The van der Waals surface area contributed by atoms with Crippen LogP contribution >= 0.6 is 0 Å². The molecule has 0 aliphatic rings. The number of hydrogen-bond donors (Lipinski definition) is 2. The summed E-state index contributed by atoms with van der Waals surface area (Å²) >= 11 is 0. The number of nitro benzene ring substituents is 2. The van der Waals surface area contributed by atoms with E-state index in [-0.39, 0.29) is 17.9 Å². The third-order valence-corrected chi connectivity index (χ3v) is 3.18. The molecule has 0 aliphatic heterocycles. The van der Waals surface area contributed by atoms with Crippen LogP contribution in [-0.2, 0) is 0 Å². The van der Waals surface area contributed by atoms with Gasteiger partial charge in [0.2, 0.25) is 0 Å². The van der Waals surface area contributed by atoms with Crippen LogP contribution in [0.2, 0.25) is 0 Å². The second kappa shape index (κ2) is 11.6. The van der Waals surface area contributed by atoms with Crippen molar-refractivity contribution in [3.05, 3.63) is 73.8 Å². The normalized spacial score (nSPS) is 8.90. The summed E-state index contributed by atoms with van der Waals surface area (Å²) in [7, 11) is 3.79. The van der Waals surface area contributed by atoms with Crippen LogP contribution < -0.4 is 27.4 Å². The van der Waals surface area contributed by atoms with E-state index in [9.17, 15) is 40.0 Å². The smallest absolute Gasteiger partial charge is 0.276 e. The van der Waals surface area contributed by atoms with Crippen molar-refractivity contribution in [1.29, 1.82) is 0 Å². The zero-order chi connectivity index (χ0) is 20.7. The lowest BCUT2D eigenvalue weighted by atomic mass is 10.2. The molecule has 2 aromatic carbocycles. The van der Waals surface area contributed by atoms with Crippen molar-refractivity contribution in [3.63, 3.8) is 0 Å². The number of carboxylic acids is 2. The molecule has 0 saturated carbocycles. The molecule has 0 unspecified atom stereocenters. The molecule has 13 nitrogen and oxygen atoms in total. The van der Waals surface area contributed by atoms with E-state index in [0.717, 1.165) is 5.69 Å². The number of carbonyl (C=O) groups excluding carboxylic acids is 2. The summed E-state index contributed by atoms with van der Waals surface area (Å²) in [6.45, 7) is 0. The SMILES string of the molecule is CN(C)c1ccc(C(=O)[O-])cc1.O=C([O-])c1cc([N+](=O)[O-])cc([N+](=O)[O-])c1.[NH4+].[NH4+]. The van der Waals surface area contributed by atoms with Gasteiger partial charge in [0.05, 0.1) is 27.9 Å². The van der Waals surface area contributed by atoms with Gasteiger partial charge in [-0.2, -0.15) is 0 Å². The first kappa shape index (κ1) is 27.1. The Morgan fingerprint density at radius 1 is 0.759 bits per heavy atom. The number of benzene rings is 2. The molecule has 8 N–H and O–H groups in total. The average Bonchev–Trinajstić information content (AvgIpc) is 2.61. The van der Waals surface area contributed by atoms with Crippen LogP contribution in [0, 0.1) is 20.2 Å². The molecule has 0 aliphatic carbocycles. The Kier molecular flexibility index (Phi) is 10.8. The average molecular weight is 411 g/mol. The van der Waals surface area contributed by atoms with Gasteiger partial charge in [0.1, 0.15) is 0 Å². The number of anilines is 1. The lowest BCUT2D eigenvalue weighted by Crippen LogP contribution is -2.22. The van der Waals surface area contributed by atoms with Gasteiger partial charge in [-0.05, 0) is 17.7 Å². The fourth-order valence-corrected chi connectivity index (χ4v) is 1.82. The van der Waals surface area contributed by atoms with Gasteiger partial charge in [0.15, 0.2) is 0 Å². The highest BCUT2D eigenvalue weighted by Gasteiger charge is 2.16. The summed E-state index contributed by atoms with van der Waals surface area (Å²) in [6.07, 6.45) is 0. The summed E-state index contributed by atoms with van der Waals surface area (Å²) in [5, 5.41) is 41.4. The van der Waals surface area contributed by atoms with Gasteiger partial charge in [-0.15, -0.1) is 0 Å². The number of carboxylic acid groups (broad SMARTS) is 2. The molecule has 0 atom stereocenters. The maximum Gasteiger partial charge on any atom is 0.276 e. The zero-order valence-electron chi connectivity index (χ0n) is 16.1. The van der Waals surface area contributed by atoms with Gasteiger partial charge in [0, 0.05) is 37.5 Å². The van der Waals surface area contributed by atoms with Gasteiger partial charge in [0.25, 0.3) is 11.4 Å². The molecule has 0 heterocycles. The molecular formula is C16H21N5O8. The topological polar surface area (TPSA) is 243 Å². The molecule has 0 bridgehead atoms. The zero-order valence-corrected chi connectivity index (χ0v) is 16.1. The molecule has 0 amide bonds. The van der Waals surface area contributed by atoms with E-state index in [2.05, 4.69) is 0 Å². The van der Waals surface area contributed by atoms with E-state index in [1.54, 1.807) is 12.1 Å². The number of hydrogen-bond acceptors (Lipinski definition) is 9. The van der Waals surface area contributed by atoms with Crippen LogP contribution in [0.5, 0.6) is 0 Å². The summed E-state index contributed by atoms with van der Waals surface area (Å²) in [6, 6.07) is 8.61. The Bertz CT molecular complexity index is 804. The second-order valence-electron chi connectivity index (χ2n) is 5.27. The molecule has 0 spiro atoms. The maximum absolute atomic E-state index is 10.4. The standard InChI is InChI=1S/C9H11NO2.C7H4N2O6.2H3N/c1-10(2)8-5-3-7(4-6-8)9(11)12;10-7(11)4-1-5(8(12)13)3-6(2-4)9(14)15;;/h3-6H,1-2H3,(H,11,12);1-3H,(H,10,11);2*1H3. The third kappa shape index (κ3) is 7.98. The second-order valence-corrected chi connectivity index (χ2v) is 5.27. The molecule has 0 aromatic heterocycles. The van der Waals surface area contributed by atoms with E-state index < -0.39 is 38.7 Å². The van der Waals surface area contributed by atoms with Gasteiger partial charge >= 0.3 is 0 Å². The van der Waals surface area contributed by atoms with Crippen LogP contribution in [0.25, 0.3) is 0 Å². The number of non-ortho nitro benzene ring substituents is 2. The number of quaternary nitrogens is 2. The van der Waals surface area contributed by atoms with Gasteiger partial charge in [-0.3, -0.25) is 20.2 Å². The third-order valence-electron chi connectivity index (χ3n) is 3.18. The highest BCUT2D eigenvalue weighted by atomic mass is 16.6. The molecule has 13 heteroatoms. The Morgan fingerprint density at radius 3 is 1.41 bits per heavy atom. The summed E-state index contributed by atoms with van der Waals surface area (Å²) in [4.78, 5) is 41.5. The monoisotopic (exact) mass is 411 g/mol. The lowest BCUT2D eigenvalue weighted by Gasteiger charge is -2.12. The van der Waals surface area contributed by atoms with Crippen molar-refractivity contribution in [1.82, 2.24) is 12.3 Å². The Balaban J connectivity index is 0. The van der Waals surface area contributed by atoms with Crippen molar-refractivity contribution >= 4 is 29.0 Å². The number of rotatable bonds is 5. The molecule has 2 rings (SSSR count). The molecule has 29 heavy (non-hydrogen) atoms. The van der Waals surface area contributed by atoms with Crippen LogP contribution in [-0.4, -0.2) is 35.9 Å². The summed E-state index contributed by atoms with van der Waals surface area (Å²) in [5.41, 5.74) is -0.747. The first-order valence-electron chi connectivity index (χ1n) is 7.17. The Hall–Kier alpha value is -4.10.